The topological polar surface area (TPSA) is 38.3 Å². The Morgan fingerprint density at radius 2 is 1.35 bits per heavy atom. The molecule has 0 aliphatic heterocycles. The largest absolute Gasteiger partial charge is 0.481 e. The van der Waals surface area contributed by atoms with Crippen molar-refractivity contribution in [1.82, 2.24) is 5.32 Å². The molecule has 3 nitrogen and oxygen atoms in total. The molecule has 0 spiro atoms. The van der Waals surface area contributed by atoms with Gasteiger partial charge in [0.2, 0.25) is 0 Å². The van der Waals surface area contributed by atoms with E-state index in [1.54, 1.807) is 31.2 Å². The zero-order chi connectivity index (χ0) is 18.4. The number of carbonyl (C=O) groups is 1. The SMILES string of the molecule is CC(Oc1ccc(Cl)cc1)C(=O)NC(c1ccccc1)c1ccccc1. The minimum absolute atomic E-state index is 0.183. The van der Waals surface area contributed by atoms with Gasteiger partial charge in [-0.2, -0.15) is 0 Å². The predicted octanol–water partition coefficient (Wildman–Crippen LogP) is 5.01. The van der Waals surface area contributed by atoms with Crippen LogP contribution in [-0.2, 0) is 4.79 Å². The highest BCUT2D eigenvalue weighted by atomic mass is 35.5. The maximum Gasteiger partial charge on any atom is 0.261 e. The molecule has 0 aromatic heterocycles. The Morgan fingerprint density at radius 1 is 0.846 bits per heavy atom. The lowest BCUT2D eigenvalue weighted by Gasteiger charge is -2.22. The first-order valence-corrected chi connectivity index (χ1v) is 8.84. The summed E-state index contributed by atoms with van der Waals surface area (Å²) in [6, 6.07) is 26.5. The average Bonchev–Trinajstić information content (AvgIpc) is 2.69. The fraction of sp³-hybridized carbons (Fsp3) is 0.136. The van der Waals surface area contributed by atoms with Gasteiger partial charge in [-0.1, -0.05) is 72.3 Å². The highest BCUT2D eigenvalue weighted by molar-refractivity contribution is 6.30. The molecule has 0 saturated heterocycles. The highest BCUT2D eigenvalue weighted by Crippen LogP contribution is 2.22. The number of hydrogen-bond donors (Lipinski definition) is 1. The minimum atomic E-state index is -0.633. The normalized spacial score (nSPS) is 11.8. The first-order valence-electron chi connectivity index (χ1n) is 8.46. The second-order valence-corrected chi connectivity index (χ2v) is 6.41. The smallest absolute Gasteiger partial charge is 0.261 e. The summed E-state index contributed by atoms with van der Waals surface area (Å²) in [5, 5.41) is 3.72. The Balaban J connectivity index is 1.75. The zero-order valence-corrected chi connectivity index (χ0v) is 15.2. The van der Waals surface area contributed by atoms with Crippen LogP contribution in [0, 0.1) is 0 Å². The molecule has 1 N–H and O–H groups in total. The maximum absolute atomic E-state index is 12.7. The standard InChI is InChI=1S/C22H20ClNO2/c1-16(26-20-14-12-19(23)13-15-20)22(25)24-21(17-8-4-2-5-9-17)18-10-6-3-7-11-18/h2-16,21H,1H3,(H,24,25). The van der Waals surface area contributed by atoms with Crippen LogP contribution in [0.4, 0.5) is 0 Å². The van der Waals surface area contributed by atoms with Crippen molar-refractivity contribution < 1.29 is 9.53 Å². The lowest BCUT2D eigenvalue weighted by Crippen LogP contribution is -2.39. The summed E-state index contributed by atoms with van der Waals surface area (Å²) in [6.45, 7) is 1.73. The molecule has 3 aromatic rings. The first-order chi connectivity index (χ1) is 12.6. The van der Waals surface area contributed by atoms with Crippen molar-refractivity contribution >= 4 is 17.5 Å². The van der Waals surface area contributed by atoms with Crippen LogP contribution in [0.1, 0.15) is 24.1 Å². The summed E-state index contributed by atoms with van der Waals surface area (Å²) in [5.74, 6) is 0.422. The molecule has 0 bridgehead atoms. The van der Waals surface area contributed by atoms with E-state index in [0.717, 1.165) is 11.1 Å². The molecular weight excluding hydrogens is 346 g/mol. The third kappa shape index (κ3) is 4.64. The van der Waals surface area contributed by atoms with Crippen molar-refractivity contribution in [2.24, 2.45) is 0 Å². The molecule has 3 rings (SSSR count). The van der Waals surface area contributed by atoms with Gasteiger partial charge in [0.25, 0.3) is 5.91 Å². The number of benzene rings is 3. The second kappa shape index (κ2) is 8.54. The van der Waals surface area contributed by atoms with Crippen LogP contribution < -0.4 is 10.1 Å². The van der Waals surface area contributed by atoms with E-state index in [0.29, 0.717) is 10.8 Å². The van der Waals surface area contributed by atoms with Gasteiger partial charge < -0.3 is 10.1 Å². The summed E-state index contributed by atoms with van der Waals surface area (Å²) in [6.07, 6.45) is -0.633. The van der Waals surface area contributed by atoms with Gasteiger partial charge in [0.15, 0.2) is 6.10 Å². The summed E-state index contributed by atoms with van der Waals surface area (Å²) in [5.41, 5.74) is 2.04. The zero-order valence-electron chi connectivity index (χ0n) is 14.4. The molecule has 4 heteroatoms. The fourth-order valence-corrected chi connectivity index (χ4v) is 2.81. The molecule has 0 aliphatic rings. The van der Waals surface area contributed by atoms with Crippen molar-refractivity contribution in [3.05, 3.63) is 101 Å². The van der Waals surface area contributed by atoms with Crippen molar-refractivity contribution in [3.8, 4) is 5.75 Å². The van der Waals surface area contributed by atoms with E-state index in [4.69, 9.17) is 16.3 Å². The van der Waals surface area contributed by atoms with Gasteiger partial charge in [-0.25, -0.2) is 0 Å². The van der Waals surface area contributed by atoms with E-state index in [9.17, 15) is 4.79 Å². The number of rotatable bonds is 6. The third-order valence-corrected chi connectivity index (χ3v) is 4.30. The summed E-state index contributed by atoms with van der Waals surface area (Å²) in [7, 11) is 0. The van der Waals surface area contributed by atoms with Crippen LogP contribution in [0.2, 0.25) is 5.02 Å². The number of ether oxygens (including phenoxy) is 1. The van der Waals surface area contributed by atoms with E-state index in [1.165, 1.54) is 0 Å². The van der Waals surface area contributed by atoms with Gasteiger partial charge in [-0.05, 0) is 42.3 Å². The first kappa shape index (κ1) is 18.0. The van der Waals surface area contributed by atoms with Gasteiger partial charge in [-0.15, -0.1) is 0 Å². The van der Waals surface area contributed by atoms with E-state index in [2.05, 4.69) is 5.32 Å². The maximum atomic E-state index is 12.7. The van der Waals surface area contributed by atoms with Crippen LogP contribution in [0.15, 0.2) is 84.9 Å². The lowest BCUT2D eigenvalue weighted by atomic mass is 9.98. The van der Waals surface area contributed by atoms with Gasteiger partial charge in [0, 0.05) is 5.02 Å². The van der Waals surface area contributed by atoms with Gasteiger partial charge >= 0.3 is 0 Å². The number of amides is 1. The molecule has 0 aliphatic carbocycles. The number of halogens is 1. The molecule has 26 heavy (non-hydrogen) atoms. The molecule has 132 valence electrons. The number of carbonyl (C=O) groups excluding carboxylic acids is 1. The van der Waals surface area contributed by atoms with Gasteiger partial charge in [0.1, 0.15) is 5.75 Å². The molecule has 1 amide bonds. The number of hydrogen-bond acceptors (Lipinski definition) is 2. The molecule has 3 aromatic carbocycles. The Hall–Kier alpha value is -2.78. The van der Waals surface area contributed by atoms with Crippen LogP contribution in [-0.4, -0.2) is 12.0 Å². The van der Waals surface area contributed by atoms with E-state index >= 15 is 0 Å². The van der Waals surface area contributed by atoms with Crippen molar-refractivity contribution in [2.45, 2.75) is 19.1 Å². The highest BCUT2D eigenvalue weighted by Gasteiger charge is 2.21. The average molecular weight is 366 g/mol. The predicted molar refractivity (Wildman–Crippen MR) is 104 cm³/mol. The Kier molecular flexibility index (Phi) is 5.92. The molecule has 1 unspecified atom stereocenters. The molecular formula is C22H20ClNO2. The van der Waals surface area contributed by atoms with Crippen molar-refractivity contribution in [3.63, 3.8) is 0 Å². The number of nitrogens with one attached hydrogen (secondary N) is 1. The Labute approximate surface area is 158 Å². The van der Waals surface area contributed by atoms with Crippen LogP contribution in [0.3, 0.4) is 0 Å². The van der Waals surface area contributed by atoms with Gasteiger partial charge in [-0.3, -0.25) is 4.79 Å². The molecule has 0 fully saturated rings. The van der Waals surface area contributed by atoms with E-state index in [1.807, 2.05) is 60.7 Å². The molecule has 0 radical (unpaired) electrons. The lowest BCUT2D eigenvalue weighted by molar-refractivity contribution is -0.127. The van der Waals surface area contributed by atoms with Crippen LogP contribution in [0.5, 0.6) is 5.75 Å². The van der Waals surface area contributed by atoms with Crippen molar-refractivity contribution in [1.29, 1.82) is 0 Å². The second-order valence-electron chi connectivity index (χ2n) is 5.98. The summed E-state index contributed by atoms with van der Waals surface area (Å²) in [4.78, 5) is 12.7. The van der Waals surface area contributed by atoms with Crippen LogP contribution in [0.25, 0.3) is 0 Å². The van der Waals surface area contributed by atoms with E-state index < -0.39 is 6.10 Å². The molecule has 0 saturated carbocycles. The quantitative estimate of drug-likeness (QED) is 0.666. The summed E-state index contributed by atoms with van der Waals surface area (Å²) >= 11 is 5.88. The van der Waals surface area contributed by atoms with Crippen molar-refractivity contribution in [2.75, 3.05) is 0 Å². The third-order valence-electron chi connectivity index (χ3n) is 4.05. The molecule has 0 heterocycles. The fourth-order valence-electron chi connectivity index (χ4n) is 2.68. The van der Waals surface area contributed by atoms with Gasteiger partial charge in [0.05, 0.1) is 6.04 Å². The Morgan fingerprint density at radius 3 is 1.85 bits per heavy atom. The molecule has 1 atom stereocenters. The Bertz CT molecular complexity index is 796. The summed E-state index contributed by atoms with van der Waals surface area (Å²) < 4.78 is 5.73. The monoisotopic (exact) mass is 365 g/mol. The van der Waals surface area contributed by atoms with Crippen LogP contribution >= 0.6 is 11.6 Å². The minimum Gasteiger partial charge on any atom is -0.481 e. The van der Waals surface area contributed by atoms with E-state index in [-0.39, 0.29) is 11.9 Å².